The first-order valence-corrected chi connectivity index (χ1v) is 17.0. The van der Waals surface area contributed by atoms with Crippen molar-refractivity contribution >= 4 is 52.5 Å². The molecule has 0 atom stereocenters. The van der Waals surface area contributed by atoms with Crippen LogP contribution in [-0.2, 0) is 13.0 Å². The Morgan fingerprint density at radius 1 is 1.11 bits per heavy atom. The average Bonchev–Trinajstić information content (AvgIpc) is 3.59. The molecule has 5 heterocycles. The van der Waals surface area contributed by atoms with E-state index in [1.807, 2.05) is 55.5 Å². The van der Waals surface area contributed by atoms with Crippen molar-refractivity contribution in [1.82, 2.24) is 29.9 Å². The van der Waals surface area contributed by atoms with Crippen molar-refractivity contribution < 1.29 is 9.90 Å². The summed E-state index contributed by atoms with van der Waals surface area (Å²) in [7, 11) is 0. The van der Waals surface area contributed by atoms with Gasteiger partial charge in [-0.15, -0.1) is 10.2 Å². The van der Waals surface area contributed by atoms with Gasteiger partial charge < -0.3 is 15.3 Å². The molecule has 6 rings (SSSR count). The summed E-state index contributed by atoms with van der Waals surface area (Å²) in [6.45, 7) is 19.6. The number of allylic oxidation sites excluding steroid dienone is 1. The van der Waals surface area contributed by atoms with Crippen molar-refractivity contribution in [2.45, 2.75) is 86.1 Å². The largest absolute Gasteiger partial charge is 0.476 e. The van der Waals surface area contributed by atoms with E-state index in [1.165, 1.54) is 43.4 Å². The van der Waals surface area contributed by atoms with E-state index in [0.717, 1.165) is 46.3 Å². The zero-order valence-electron chi connectivity index (χ0n) is 27.6. The highest BCUT2D eigenvalue weighted by molar-refractivity contribution is 7.13. The van der Waals surface area contributed by atoms with Gasteiger partial charge in [0, 0.05) is 41.0 Å². The quantitative estimate of drug-likeness (QED) is 0.216. The topological polar surface area (TPSA) is 122 Å². The van der Waals surface area contributed by atoms with Crippen molar-refractivity contribution in [3.8, 4) is 11.1 Å². The predicted molar refractivity (Wildman–Crippen MR) is 187 cm³/mol. The summed E-state index contributed by atoms with van der Waals surface area (Å²) in [6.07, 6.45) is 13.2. The second-order valence-corrected chi connectivity index (χ2v) is 13.2. The van der Waals surface area contributed by atoms with Crippen LogP contribution in [0.2, 0.25) is 0 Å². The molecule has 0 bridgehead atoms. The first-order valence-electron chi connectivity index (χ1n) is 16.1. The van der Waals surface area contributed by atoms with E-state index < -0.39 is 5.97 Å². The van der Waals surface area contributed by atoms with Crippen LogP contribution in [0.5, 0.6) is 0 Å². The number of aromatic nitrogens is 6. The minimum Gasteiger partial charge on any atom is -0.476 e. The summed E-state index contributed by atoms with van der Waals surface area (Å²) >= 11 is 1.48. The van der Waals surface area contributed by atoms with Crippen LogP contribution in [0.4, 0.5) is 22.6 Å². The Kier molecular flexibility index (Phi) is 10.0. The van der Waals surface area contributed by atoms with Crippen molar-refractivity contribution in [3.05, 3.63) is 63.4 Å². The monoisotopic (exact) mass is 640 g/mol. The van der Waals surface area contributed by atoms with Crippen LogP contribution in [0.1, 0.15) is 86.6 Å². The molecule has 0 radical (unpaired) electrons. The molecule has 2 N–H and O–H groups in total. The molecule has 1 aliphatic carbocycles. The summed E-state index contributed by atoms with van der Waals surface area (Å²) in [5.74, 6) is 0.785. The predicted octanol–water partition coefficient (Wildman–Crippen LogP) is 6.71. The van der Waals surface area contributed by atoms with Gasteiger partial charge in [0.25, 0.3) is 0 Å². The summed E-state index contributed by atoms with van der Waals surface area (Å²) in [5.41, 5.74) is 4.56. The fraction of sp³-hybridized carbons (Fsp3) is 0.429. The van der Waals surface area contributed by atoms with E-state index in [0.29, 0.717) is 40.0 Å². The van der Waals surface area contributed by atoms with Gasteiger partial charge >= 0.3 is 5.97 Å². The van der Waals surface area contributed by atoms with Crippen molar-refractivity contribution in [1.29, 1.82) is 0 Å². The number of nitrogens with zero attached hydrogens (tertiary/aromatic N) is 7. The van der Waals surface area contributed by atoms with E-state index in [2.05, 4.69) is 50.7 Å². The lowest BCUT2D eigenvalue weighted by Crippen LogP contribution is -2.28. The van der Waals surface area contributed by atoms with Gasteiger partial charge in [0.15, 0.2) is 22.5 Å². The van der Waals surface area contributed by atoms with E-state index in [1.54, 1.807) is 12.3 Å². The fourth-order valence-corrected chi connectivity index (χ4v) is 7.29. The molecule has 1 aliphatic heterocycles. The molecule has 0 spiro atoms. The number of rotatable bonds is 8. The lowest BCUT2D eigenvalue weighted by Gasteiger charge is -2.33. The van der Waals surface area contributed by atoms with Gasteiger partial charge in [-0.25, -0.2) is 14.8 Å². The standard InChI is InChI=1S/C33H38N8O2S.C2H6/c1-6-11-26-21(3)35-32(44-26)37-29-20(2)23-12-10-17-40(30(23)39-38-29)27-14-13-24(28(36-27)31(42)43)25-18-34-41(22(25)4)19-33(5)15-8-7-9-16-33;1-2/h6,11,13-14,18H,1,3,7-10,12,15-17,19H2,2,4-5H3,(H,42,43)(H,35,37,38);1-2H3/b26-11+;. The van der Waals surface area contributed by atoms with Crippen molar-refractivity contribution in [2.75, 3.05) is 16.8 Å². The summed E-state index contributed by atoms with van der Waals surface area (Å²) in [4.78, 5) is 23.7. The molecule has 2 aliphatic rings. The highest BCUT2D eigenvalue weighted by Crippen LogP contribution is 2.39. The van der Waals surface area contributed by atoms with Gasteiger partial charge in [0.2, 0.25) is 0 Å². The maximum atomic E-state index is 12.5. The number of carboxylic acids is 1. The zero-order valence-corrected chi connectivity index (χ0v) is 28.4. The van der Waals surface area contributed by atoms with E-state index in [-0.39, 0.29) is 11.1 Å². The Labute approximate surface area is 274 Å². The third kappa shape index (κ3) is 6.60. The number of aromatic carboxylic acids is 1. The molecule has 1 saturated carbocycles. The Morgan fingerprint density at radius 3 is 2.59 bits per heavy atom. The van der Waals surface area contributed by atoms with Gasteiger partial charge in [-0.05, 0) is 63.2 Å². The normalized spacial score (nSPS) is 15.9. The van der Waals surface area contributed by atoms with E-state index in [4.69, 9.17) is 0 Å². The molecular weight excluding hydrogens is 597 g/mol. The third-order valence-electron chi connectivity index (χ3n) is 8.95. The van der Waals surface area contributed by atoms with Gasteiger partial charge in [-0.2, -0.15) is 5.10 Å². The van der Waals surface area contributed by atoms with Crippen LogP contribution >= 0.6 is 11.3 Å². The molecule has 242 valence electrons. The van der Waals surface area contributed by atoms with Gasteiger partial charge in [0.05, 0.1) is 16.1 Å². The number of fused-ring (bicyclic) bond motifs is 1. The molecule has 46 heavy (non-hydrogen) atoms. The smallest absolute Gasteiger partial charge is 0.355 e. The Morgan fingerprint density at radius 2 is 1.87 bits per heavy atom. The van der Waals surface area contributed by atoms with Crippen LogP contribution in [0.25, 0.3) is 23.8 Å². The molecule has 10 nitrogen and oxygen atoms in total. The second kappa shape index (κ2) is 13.9. The maximum absolute atomic E-state index is 12.5. The Bertz CT molecular complexity index is 1850. The van der Waals surface area contributed by atoms with E-state index >= 15 is 0 Å². The van der Waals surface area contributed by atoms with Crippen LogP contribution in [0.3, 0.4) is 0 Å². The molecule has 0 unspecified atom stereocenters. The molecule has 4 aromatic heterocycles. The van der Waals surface area contributed by atoms with Crippen molar-refractivity contribution in [2.24, 2.45) is 5.41 Å². The van der Waals surface area contributed by atoms with Crippen LogP contribution in [-0.4, -0.2) is 47.6 Å². The number of anilines is 4. The summed E-state index contributed by atoms with van der Waals surface area (Å²) < 4.78 is 2.97. The first kappa shape index (κ1) is 33.0. The number of hydrogen-bond donors (Lipinski definition) is 2. The Hall–Kier alpha value is -4.38. The highest BCUT2D eigenvalue weighted by atomic mass is 32.1. The summed E-state index contributed by atoms with van der Waals surface area (Å²) in [5, 5.41) is 28.7. The SMILES string of the molecule is C=C/C=c1/sc(Nc2nnc3c(c2C)CCCN3c2ccc(-c3cnn(CC4(C)CCCCC4)c3C)c(C(=O)O)n2)nc1=C.CC. The van der Waals surface area contributed by atoms with Crippen LogP contribution in [0, 0.1) is 19.3 Å². The third-order valence-corrected chi connectivity index (χ3v) is 9.93. The maximum Gasteiger partial charge on any atom is 0.355 e. The molecular formula is C35H44N8O2S. The molecule has 0 aromatic carbocycles. The van der Waals surface area contributed by atoms with Crippen LogP contribution < -0.4 is 20.1 Å². The molecule has 1 fully saturated rings. The van der Waals surface area contributed by atoms with Crippen LogP contribution in [0.15, 0.2) is 31.0 Å². The van der Waals surface area contributed by atoms with Gasteiger partial charge in [-0.1, -0.05) is 70.6 Å². The number of carbonyl (C=O) groups is 1. The molecule has 0 amide bonds. The average molecular weight is 641 g/mol. The fourth-order valence-electron chi connectivity index (χ4n) is 6.45. The van der Waals surface area contributed by atoms with Crippen molar-refractivity contribution in [3.63, 3.8) is 0 Å². The lowest BCUT2D eigenvalue weighted by atomic mass is 9.76. The number of thiazole rings is 1. The van der Waals surface area contributed by atoms with Gasteiger partial charge in [-0.3, -0.25) is 4.68 Å². The van der Waals surface area contributed by atoms with E-state index in [9.17, 15) is 9.90 Å². The highest BCUT2D eigenvalue weighted by Gasteiger charge is 2.30. The van der Waals surface area contributed by atoms with Gasteiger partial charge in [0.1, 0.15) is 5.82 Å². The second-order valence-electron chi connectivity index (χ2n) is 12.1. The minimum atomic E-state index is -1.08. The first-order chi connectivity index (χ1) is 22.2. The molecule has 11 heteroatoms. The minimum absolute atomic E-state index is 0.00371. The number of pyridine rings is 1. The Balaban J connectivity index is 0.00000204. The zero-order chi connectivity index (χ0) is 33.0. The number of hydrogen-bond acceptors (Lipinski definition) is 9. The summed E-state index contributed by atoms with van der Waals surface area (Å²) in [6, 6.07) is 3.73. The number of carboxylic acid groups (broad SMARTS) is 1. The molecule has 0 saturated heterocycles. The molecule has 4 aromatic rings. The number of nitrogens with one attached hydrogen (secondary N) is 1. The lowest BCUT2D eigenvalue weighted by molar-refractivity contribution is 0.0691.